The molecule has 0 saturated carbocycles. The van der Waals surface area contributed by atoms with Gasteiger partial charge in [-0.3, -0.25) is 23.4 Å². The third-order valence-corrected chi connectivity index (χ3v) is 8.69. The lowest BCUT2D eigenvalue weighted by Crippen LogP contribution is -2.34. The number of hydrogen-bond acceptors (Lipinski definition) is 9. The molecule has 0 amide bonds. The van der Waals surface area contributed by atoms with Crippen molar-refractivity contribution in [2.45, 2.75) is 154 Å². The molecule has 3 atom stereocenters. The second-order valence-electron chi connectivity index (χ2n) is 12.7. The summed E-state index contributed by atoms with van der Waals surface area (Å²) in [5.41, 5.74) is 5.31. The average molecular weight is 754 g/mol. The molecule has 11 nitrogen and oxygen atoms in total. The first-order chi connectivity index (χ1) is 25.1. The summed E-state index contributed by atoms with van der Waals surface area (Å²) >= 11 is 0. The van der Waals surface area contributed by atoms with E-state index in [1.165, 1.54) is 32.1 Å². The maximum atomic E-state index is 12.5. The van der Waals surface area contributed by atoms with E-state index in [4.69, 9.17) is 24.8 Å². The van der Waals surface area contributed by atoms with E-state index in [9.17, 15) is 23.8 Å². The van der Waals surface area contributed by atoms with Crippen LogP contribution in [-0.2, 0) is 37.5 Å². The Kier molecular flexibility index (Phi) is 33.3. The molecule has 0 heterocycles. The van der Waals surface area contributed by atoms with E-state index in [0.29, 0.717) is 19.3 Å². The molecule has 0 rings (SSSR count). The van der Waals surface area contributed by atoms with Gasteiger partial charge in [-0.15, -0.1) is 0 Å². The van der Waals surface area contributed by atoms with Crippen LogP contribution in [0, 0.1) is 0 Å². The van der Waals surface area contributed by atoms with Crippen molar-refractivity contribution in [3.05, 3.63) is 60.8 Å². The molecule has 4 N–H and O–H groups in total. The Morgan fingerprint density at radius 3 is 1.65 bits per heavy atom. The molecule has 0 fully saturated rings. The lowest BCUT2D eigenvalue weighted by molar-refractivity contribution is -0.161. The summed E-state index contributed by atoms with van der Waals surface area (Å²) in [5, 5.41) is 8.85. The highest BCUT2D eigenvalue weighted by molar-refractivity contribution is 7.47. The van der Waals surface area contributed by atoms with Gasteiger partial charge in [0.25, 0.3) is 0 Å². The zero-order valence-corrected chi connectivity index (χ0v) is 32.8. The number of esters is 2. The van der Waals surface area contributed by atoms with E-state index >= 15 is 0 Å². The van der Waals surface area contributed by atoms with Crippen LogP contribution >= 0.6 is 7.82 Å². The fourth-order valence-electron chi connectivity index (χ4n) is 4.62. The second-order valence-corrected chi connectivity index (χ2v) is 14.2. The molecule has 0 saturated heterocycles. The van der Waals surface area contributed by atoms with Gasteiger partial charge in [0, 0.05) is 12.8 Å². The number of carbonyl (C=O) groups is 3. The monoisotopic (exact) mass is 753 g/mol. The average Bonchev–Trinajstić information content (AvgIpc) is 3.12. The molecule has 0 radical (unpaired) electrons. The Labute approximate surface area is 313 Å². The first-order valence-electron chi connectivity index (χ1n) is 19.3. The minimum atomic E-state index is -4.73. The Bertz CT molecular complexity index is 1120. The van der Waals surface area contributed by atoms with Gasteiger partial charge < -0.3 is 25.2 Å². The highest BCUT2D eigenvalue weighted by Gasteiger charge is 2.28. The zero-order chi connectivity index (χ0) is 38.5. The normalized spacial score (nSPS) is 14.5. The number of ether oxygens (including phenoxy) is 2. The van der Waals surface area contributed by atoms with Gasteiger partial charge in [0.1, 0.15) is 12.6 Å². The molecular formula is C40H68NO10P. The Hall–Kier alpha value is -2.82. The van der Waals surface area contributed by atoms with Crippen molar-refractivity contribution in [1.29, 1.82) is 0 Å². The van der Waals surface area contributed by atoms with E-state index in [1.807, 2.05) is 12.2 Å². The number of aliphatic carboxylic acids is 1. The van der Waals surface area contributed by atoms with Gasteiger partial charge in [-0.05, 0) is 70.6 Å². The number of carboxylic acid groups (broad SMARTS) is 1. The van der Waals surface area contributed by atoms with Gasteiger partial charge in [-0.25, -0.2) is 4.57 Å². The number of carboxylic acids is 1. The maximum Gasteiger partial charge on any atom is 0.472 e. The van der Waals surface area contributed by atoms with Crippen LogP contribution in [0.15, 0.2) is 60.8 Å². The van der Waals surface area contributed by atoms with Gasteiger partial charge in [0.05, 0.1) is 13.2 Å². The van der Waals surface area contributed by atoms with Gasteiger partial charge in [0.2, 0.25) is 0 Å². The van der Waals surface area contributed by atoms with Crippen molar-refractivity contribution < 1.29 is 47.5 Å². The molecule has 0 aliphatic rings. The molecule has 0 aromatic rings. The number of hydrogen-bond donors (Lipinski definition) is 3. The summed E-state index contributed by atoms with van der Waals surface area (Å²) in [4.78, 5) is 45.7. The molecule has 0 aliphatic heterocycles. The van der Waals surface area contributed by atoms with Crippen molar-refractivity contribution in [3.8, 4) is 0 Å². The molecular weight excluding hydrogens is 685 g/mol. The van der Waals surface area contributed by atoms with Crippen LogP contribution in [0.1, 0.15) is 142 Å². The summed E-state index contributed by atoms with van der Waals surface area (Å²) in [6.07, 6.45) is 38.7. The van der Waals surface area contributed by atoms with Crippen LogP contribution in [0.25, 0.3) is 0 Å². The van der Waals surface area contributed by atoms with Gasteiger partial charge >= 0.3 is 25.7 Å². The number of rotatable bonds is 35. The predicted molar refractivity (Wildman–Crippen MR) is 208 cm³/mol. The quantitative estimate of drug-likeness (QED) is 0.0244. The molecule has 0 aliphatic carbocycles. The molecule has 0 aromatic carbocycles. The summed E-state index contributed by atoms with van der Waals surface area (Å²) < 4.78 is 32.5. The van der Waals surface area contributed by atoms with Crippen LogP contribution in [-0.4, -0.2) is 59.9 Å². The Balaban J connectivity index is 4.54. The first kappa shape index (κ1) is 49.2. The summed E-state index contributed by atoms with van der Waals surface area (Å²) in [5.74, 6) is -2.47. The van der Waals surface area contributed by atoms with E-state index in [0.717, 1.165) is 64.2 Å². The van der Waals surface area contributed by atoms with Crippen molar-refractivity contribution in [2.75, 3.05) is 19.8 Å². The van der Waals surface area contributed by atoms with Crippen molar-refractivity contribution in [2.24, 2.45) is 5.73 Å². The molecule has 0 bridgehead atoms. The van der Waals surface area contributed by atoms with E-state index in [2.05, 4.69) is 67.0 Å². The number of allylic oxidation sites excluding steroid dienone is 10. The van der Waals surface area contributed by atoms with Crippen LogP contribution in [0.2, 0.25) is 0 Å². The van der Waals surface area contributed by atoms with Gasteiger partial charge in [-0.2, -0.15) is 0 Å². The van der Waals surface area contributed by atoms with Crippen LogP contribution in [0.5, 0.6) is 0 Å². The minimum absolute atomic E-state index is 0.136. The van der Waals surface area contributed by atoms with Crippen LogP contribution in [0.4, 0.5) is 0 Å². The number of carbonyl (C=O) groups excluding carboxylic acids is 2. The number of unbranched alkanes of at least 4 members (excludes halogenated alkanes) is 11. The number of nitrogens with two attached hydrogens (primary N) is 1. The fourth-order valence-corrected chi connectivity index (χ4v) is 5.40. The summed E-state index contributed by atoms with van der Waals surface area (Å²) in [6, 6.07) is -1.53. The summed E-state index contributed by atoms with van der Waals surface area (Å²) in [7, 11) is -4.73. The fraction of sp³-hybridized carbons (Fsp3) is 0.675. The lowest BCUT2D eigenvalue weighted by Gasteiger charge is -2.20. The topological polar surface area (TPSA) is 172 Å². The van der Waals surface area contributed by atoms with Crippen molar-refractivity contribution in [1.82, 2.24) is 0 Å². The zero-order valence-electron chi connectivity index (χ0n) is 31.9. The maximum absolute atomic E-state index is 12.5. The Morgan fingerprint density at radius 2 is 1.06 bits per heavy atom. The number of phosphoric ester groups is 1. The molecule has 1 unspecified atom stereocenters. The smallest absolute Gasteiger partial charge is 0.472 e. The highest BCUT2D eigenvalue weighted by atomic mass is 31.2. The van der Waals surface area contributed by atoms with E-state index in [-0.39, 0.29) is 19.4 Å². The third kappa shape index (κ3) is 34.3. The van der Waals surface area contributed by atoms with Crippen molar-refractivity contribution in [3.63, 3.8) is 0 Å². The number of phosphoric acid groups is 1. The van der Waals surface area contributed by atoms with Crippen LogP contribution in [0.3, 0.4) is 0 Å². The highest BCUT2D eigenvalue weighted by Crippen LogP contribution is 2.43. The largest absolute Gasteiger partial charge is 0.480 e. The van der Waals surface area contributed by atoms with Crippen molar-refractivity contribution >= 4 is 25.7 Å². The SMILES string of the molecule is CCCCC=CCCCCCCCC(=O)O[C@H](COC(=O)CCCC=CCC=CCC=CCC=CCCCCC)COP(=O)(O)OC[C@H](N)C(=O)O. The van der Waals surface area contributed by atoms with E-state index < -0.39 is 51.1 Å². The molecule has 0 aromatic heterocycles. The van der Waals surface area contributed by atoms with Crippen LogP contribution < -0.4 is 5.73 Å². The molecule has 0 spiro atoms. The third-order valence-electron chi connectivity index (χ3n) is 7.74. The molecule has 12 heteroatoms. The summed E-state index contributed by atoms with van der Waals surface area (Å²) in [6.45, 7) is 2.63. The van der Waals surface area contributed by atoms with Gasteiger partial charge in [-0.1, -0.05) is 120 Å². The molecule has 298 valence electrons. The molecule has 52 heavy (non-hydrogen) atoms. The van der Waals surface area contributed by atoms with E-state index in [1.54, 1.807) is 0 Å². The minimum Gasteiger partial charge on any atom is -0.480 e. The lowest BCUT2D eigenvalue weighted by atomic mass is 10.1. The van der Waals surface area contributed by atoms with Gasteiger partial charge in [0.15, 0.2) is 6.10 Å². The Morgan fingerprint density at radius 1 is 0.596 bits per heavy atom. The standard InChI is InChI=1S/C40H68NO10P/c1-3-5-7-9-11-13-15-16-17-18-19-20-22-23-25-27-29-31-38(42)48-33-36(34-49-52(46,47)50-35-37(41)40(44)45)51-39(43)32-30-28-26-24-21-14-12-10-8-6-4-2/h10-13,16-17,19-20,23,25,36-37H,3-9,14-15,18,21-22,24,26-35,41H2,1-2H3,(H,44,45)(H,46,47)/t36-,37+/m1/s1. The predicted octanol–water partition coefficient (Wildman–Crippen LogP) is 9.61. The second kappa shape index (κ2) is 35.2. The first-order valence-corrected chi connectivity index (χ1v) is 20.8.